The predicted octanol–water partition coefficient (Wildman–Crippen LogP) is 5.11. The Kier molecular flexibility index (Phi) is 5.06. The average Bonchev–Trinajstić information content (AvgIpc) is 3.03. The van der Waals surface area contributed by atoms with E-state index in [9.17, 15) is 0 Å². The molecule has 3 rings (SSSR count). The fraction of sp³-hybridized carbons (Fsp3) is 0.400. The quantitative estimate of drug-likeness (QED) is 0.607. The van der Waals surface area contributed by atoms with Crippen molar-refractivity contribution < 1.29 is 0 Å². The van der Waals surface area contributed by atoms with Crippen molar-refractivity contribution in [3.05, 3.63) is 53.6 Å². The highest BCUT2D eigenvalue weighted by molar-refractivity contribution is 5.79. The molecule has 1 heterocycles. The molecule has 0 spiro atoms. The molecule has 120 valence electrons. The first kappa shape index (κ1) is 15.7. The molecule has 0 aliphatic rings. The summed E-state index contributed by atoms with van der Waals surface area (Å²) in [5.41, 5.74) is 5.95. The Bertz CT molecular complexity index is 759. The maximum Gasteiger partial charge on any atom is 0.117 e. The molecule has 3 aromatic rings. The zero-order chi connectivity index (χ0) is 16.1. The lowest BCUT2D eigenvalue weighted by atomic mass is 9.96. The van der Waals surface area contributed by atoms with Crippen LogP contribution in [0, 0.1) is 0 Å². The minimum absolute atomic E-state index is 1.00. The van der Waals surface area contributed by atoms with Crippen molar-refractivity contribution in [2.24, 2.45) is 0 Å². The fourth-order valence-electron chi connectivity index (χ4n) is 2.99. The highest BCUT2D eigenvalue weighted by Gasteiger charge is 2.13. The van der Waals surface area contributed by atoms with Crippen molar-refractivity contribution in [3.8, 4) is 5.69 Å². The largest absolute Gasteiger partial charge is 0.150 e. The number of aromatic nitrogens is 3. The smallest absolute Gasteiger partial charge is 0.117 e. The molecule has 2 aromatic carbocycles. The molecule has 1 aromatic heterocycles. The molecule has 23 heavy (non-hydrogen) atoms. The molecule has 0 aliphatic carbocycles. The molecule has 0 N–H and O–H groups in total. The second-order valence-corrected chi connectivity index (χ2v) is 6.10. The van der Waals surface area contributed by atoms with E-state index < -0.39 is 0 Å². The summed E-state index contributed by atoms with van der Waals surface area (Å²) in [4.78, 5) is 1.77. The first-order valence-electron chi connectivity index (χ1n) is 8.76. The molecule has 0 fully saturated rings. The van der Waals surface area contributed by atoms with Gasteiger partial charge >= 0.3 is 0 Å². The van der Waals surface area contributed by atoms with Gasteiger partial charge in [-0.05, 0) is 55.0 Å². The van der Waals surface area contributed by atoms with E-state index in [0.717, 1.165) is 29.6 Å². The normalized spacial score (nSPS) is 11.2. The zero-order valence-electron chi connectivity index (χ0n) is 14.1. The van der Waals surface area contributed by atoms with Crippen LogP contribution in [0.4, 0.5) is 0 Å². The van der Waals surface area contributed by atoms with Gasteiger partial charge in [-0.3, -0.25) is 0 Å². The third-order valence-corrected chi connectivity index (χ3v) is 4.32. The van der Waals surface area contributed by atoms with Gasteiger partial charge in [0.1, 0.15) is 11.0 Å². The van der Waals surface area contributed by atoms with Crippen LogP contribution in [0.2, 0.25) is 0 Å². The maximum atomic E-state index is 4.81. The molecule has 0 amide bonds. The van der Waals surface area contributed by atoms with Crippen LogP contribution in [0.25, 0.3) is 16.7 Å². The Morgan fingerprint density at radius 2 is 1.57 bits per heavy atom. The minimum Gasteiger partial charge on any atom is -0.150 e. The van der Waals surface area contributed by atoms with Gasteiger partial charge < -0.3 is 0 Å². The Morgan fingerprint density at radius 3 is 2.30 bits per heavy atom. The van der Waals surface area contributed by atoms with Crippen molar-refractivity contribution in [2.45, 2.75) is 52.4 Å². The van der Waals surface area contributed by atoms with Gasteiger partial charge in [0.05, 0.1) is 5.69 Å². The summed E-state index contributed by atoms with van der Waals surface area (Å²) in [6.45, 7) is 4.49. The van der Waals surface area contributed by atoms with Crippen LogP contribution in [-0.4, -0.2) is 15.0 Å². The lowest BCUT2D eigenvalue weighted by molar-refractivity contribution is 0.751. The van der Waals surface area contributed by atoms with E-state index in [0.29, 0.717) is 0 Å². The highest BCUT2D eigenvalue weighted by Crippen LogP contribution is 2.24. The predicted molar refractivity (Wildman–Crippen MR) is 96.1 cm³/mol. The summed E-state index contributed by atoms with van der Waals surface area (Å²) in [7, 11) is 0. The monoisotopic (exact) mass is 307 g/mol. The summed E-state index contributed by atoms with van der Waals surface area (Å²) in [5.74, 6) is 0. The van der Waals surface area contributed by atoms with E-state index in [1.165, 1.54) is 36.8 Å². The summed E-state index contributed by atoms with van der Waals surface area (Å²) in [6, 6.07) is 14.5. The molecule has 0 unspecified atom stereocenters. The lowest BCUT2D eigenvalue weighted by Gasteiger charge is -2.09. The molecule has 0 saturated heterocycles. The number of aryl methyl sites for hydroxylation is 2. The Hall–Kier alpha value is -2.16. The van der Waals surface area contributed by atoms with Gasteiger partial charge in [-0.15, -0.1) is 10.2 Å². The number of rotatable bonds is 7. The minimum atomic E-state index is 1.00. The molecule has 3 nitrogen and oxygen atoms in total. The molecular formula is C20H25N3. The molecular weight excluding hydrogens is 282 g/mol. The fourth-order valence-corrected chi connectivity index (χ4v) is 2.99. The van der Waals surface area contributed by atoms with Crippen molar-refractivity contribution >= 4 is 11.0 Å². The molecule has 0 saturated carbocycles. The van der Waals surface area contributed by atoms with Crippen LogP contribution in [0.3, 0.4) is 0 Å². The Morgan fingerprint density at radius 1 is 0.826 bits per heavy atom. The first-order valence-corrected chi connectivity index (χ1v) is 8.76. The van der Waals surface area contributed by atoms with Crippen molar-refractivity contribution in [3.63, 3.8) is 0 Å². The lowest BCUT2D eigenvalue weighted by Crippen LogP contribution is -1.99. The van der Waals surface area contributed by atoms with Crippen LogP contribution in [0.1, 0.15) is 50.7 Å². The van der Waals surface area contributed by atoms with E-state index >= 15 is 0 Å². The van der Waals surface area contributed by atoms with Gasteiger partial charge in [0, 0.05) is 0 Å². The topological polar surface area (TPSA) is 30.7 Å². The number of unbranched alkanes of at least 4 members (excludes halogenated alkanes) is 2. The first-order chi connectivity index (χ1) is 11.3. The number of para-hydroxylation sites is 1. The highest BCUT2D eigenvalue weighted by atomic mass is 15.5. The van der Waals surface area contributed by atoms with Gasteiger partial charge in [-0.1, -0.05) is 51.0 Å². The number of hydrogen-bond donors (Lipinski definition) is 0. The summed E-state index contributed by atoms with van der Waals surface area (Å²) >= 11 is 0. The van der Waals surface area contributed by atoms with Crippen LogP contribution in [0.15, 0.2) is 42.5 Å². The average molecular weight is 307 g/mol. The van der Waals surface area contributed by atoms with Gasteiger partial charge in [0.2, 0.25) is 0 Å². The summed E-state index contributed by atoms with van der Waals surface area (Å²) in [5, 5.41) is 9.49. The van der Waals surface area contributed by atoms with Crippen molar-refractivity contribution in [1.29, 1.82) is 0 Å². The van der Waals surface area contributed by atoms with E-state index in [2.05, 4.69) is 31.1 Å². The molecule has 0 radical (unpaired) electrons. The van der Waals surface area contributed by atoms with Gasteiger partial charge in [-0.25, -0.2) is 0 Å². The van der Waals surface area contributed by atoms with Crippen LogP contribution >= 0.6 is 0 Å². The van der Waals surface area contributed by atoms with Crippen molar-refractivity contribution in [2.75, 3.05) is 0 Å². The Labute approximate surface area is 138 Å². The van der Waals surface area contributed by atoms with Crippen LogP contribution < -0.4 is 0 Å². The Balaban J connectivity index is 2.05. The standard InChI is InChI=1S/C20H25N3/c1-3-5-10-16-14-15-19-20(18(16)13-6-4-2)22-23(21-19)17-11-8-7-9-12-17/h7-9,11-12,14-15H,3-6,10,13H2,1-2H3. The molecule has 3 heteroatoms. The number of hydrogen-bond acceptors (Lipinski definition) is 2. The number of nitrogens with zero attached hydrogens (tertiary/aromatic N) is 3. The second-order valence-electron chi connectivity index (χ2n) is 6.10. The van der Waals surface area contributed by atoms with Crippen LogP contribution in [0.5, 0.6) is 0 Å². The number of benzene rings is 2. The van der Waals surface area contributed by atoms with E-state index in [4.69, 9.17) is 5.10 Å². The molecule has 0 aliphatic heterocycles. The zero-order valence-corrected chi connectivity index (χ0v) is 14.1. The molecule has 0 atom stereocenters. The van der Waals surface area contributed by atoms with Crippen molar-refractivity contribution in [1.82, 2.24) is 15.0 Å². The third kappa shape index (κ3) is 3.44. The van der Waals surface area contributed by atoms with Gasteiger partial charge in [-0.2, -0.15) is 4.80 Å². The van der Waals surface area contributed by atoms with Crippen LogP contribution in [-0.2, 0) is 12.8 Å². The SMILES string of the molecule is CCCCc1ccc2nn(-c3ccccc3)nc2c1CCCC. The summed E-state index contributed by atoms with van der Waals surface area (Å²) in [6.07, 6.45) is 7.11. The van der Waals surface area contributed by atoms with E-state index in [1.54, 1.807) is 4.80 Å². The van der Waals surface area contributed by atoms with Gasteiger partial charge in [0.15, 0.2) is 0 Å². The third-order valence-electron chi connectivity index (χ3n) is 4.32. The molecule has 0 bridgehead atoms. The van der Waals surface area contributed by atoms with Gasteiger partial charge in [0.25, 0.3) is 0 Å². The van der Waals surface area contributed by atoms with E-state index in [1.807, 2.05) is 30.3 Å². The number of fused-ring (bicyclic) bond motifs is 1. The van der Waals surface area contributed by atoms with E-state index in [-0.39, 0.29) is 0 Å². The second kappa shape index (κ2) is 7.40. The maximum absolute atomic E-state index is 4.81. The summed E-state index contributed by atoms with van der Waals surface area (Å²) < 4.78 is 0.